The van der Waals surface area contributed by atoms with E-state index in [0.29, 0.717) is 5.82 Å². The maximum absolute atomic E-state index is 5.68. The highest BCUT2D eigenvalue weighted by Crippen LogP contribution is 2.26. The number of anilines is 1. The zero-order valence-electron chi connectivity index (χ0n) is 9.28. The number of hydrogen-bond acceptors (Lipinski definition) is 2. The van der Waals surface area contributed by atoms with Gasteiger partial charge in [0, 0.05) is 6.20 Å². The summed E-state index contributed by atoms with van der Waals surface area (Å²) in [6.07, 6.45) is 11.5. The summed E-state index contributed by atoms with van der Waals surface area (Å²) in [7, 11) is 0. The van der Waals surface area contributed by atoms with E-state index in [1.807, 2.05) is 12.3 Å². The van der Waals surface area contributed by atoms with E-state index in [0.717, 1.165) is 5.92 Å². The molecule has 1 aliphatic rings. The van der Waals surface area contributed by atoms with E-state index >= 15 is 0 Å². The molecular formula is C13H20N2. The number of nitrogens with zero attached hydrogens (tertiary/aromatic N) is 1. The molecule has 0 saturated heterocycles. The van der Waals surface area contributed by atoms with Gasteiger partial charge in [-0.15, -0.1) is 0 Å². The molecule has 2 nitrogen and oxygen atoms in total. The highest BCUT2D eigenvalue weighted by Gasteiger charge is 2.12. The first kappa shape index (κ1) is 10.5. The van der Waals surface area contributed by atoms with Crippen molar-refractivity contribution < 1.29 is 0 Å². The van der Waals surface area contributed by atoms with Crippen LogP contribution in [0.15, 0.2) is 18.3 Å². The standard InChI is InChI=1S/C13H20N2/c14-13-10-12(7-8-15-13)9-11-5-3-1-2-4-6-11/h7-8,10-11H,1-6,9H2,(H2,14,15). The van der Waals surface area contributed by atoms with Gasteiger partial charge in [0.15, 0.2) is 0 Å². The molecule has 1 aromatic heterocycles. The molecule has 0 radical (unpaired) electrons. The zero-order chi connectivity index (χ0) is 10.5. The first-order valence-electron chi connectivity index (χ1n) is 6.05. The summed E-state index contributed by atoms with van der Waals surface area (Å²) in [4.78, 5) is 4.03. The van der Waals surface area contributed by atoms with Crippen LogP contribution in [0.3, 0.4) is 0 Å². The number of nitrogens with two attached hydrogens (primary N) is 1. The van der Waals surface area contributed by atoms with Gasteiger partial charge in [-0.25, -0.2) is 4.98 Å². The molecule has 1 saturated carbocycles. The van der Waals surface area contributed by atoms with Crippen molar-refractivity contribution in [3.63, 3.8) is 0 Å². The fraction of sp³-hybridized carbons (Fsp3) is 0.615. The van der Waals surface area contributed by atoms with Gasteiger partial charge in [0.05, 0.1) is 0 Å². The molecule has 2 rings (SSSR count). The van der Waals surface area contributed by atoms with Crippen LogP contribution < -0.4 is 5.73 Å². The van der Waals surface area contributed by atoms with Crippen molar-refractivity contribution >= 4 is 5.82 Å². The van der Waals surface area contributed by atoms with Gasteiger partial charge in [0.2, 0.25) is 0 Å². The maximum Gasteiger partial charge on any atom is 0.123 e. The van der Waals surface area contributed by atoms with Crippen molar-refractivity contribution in [3.05, 3.63) is 23.9 Å². The quantitative estimate of drug-likeness (QED) is 0.751. The minimum atomic E-state index is 0.654. The third-order valence-electron chi connectivity index (χ3n) is 3.34. The monoisotopic (exact) mass is 204 g/mol. The van der Waals surface area contributed by atoms with E-state index in [2.05, 4.69) is 11.1 Å². The molecule has 0 spiro atoms. The van der Waals surface area contributed by atoms with Gasteiger partial charge >= 0.3 is 0 Å². The maximum atomic E-state index is 5.68. The summed E-state index contributed by atoms with van der Waals surface area (Å²) < 4.78 is 0. The SMILES string of the molecule is Nc1cc(CC2CCCCCC2)ccn1. The fourth-order valence-corrected chi connectivity index (χ4v) is 2.52. The van der Waals surface area contributed by atoms with Crippen molar-refractivity contribution in [1.29, 1.82) is 0 Å². The van der Waals surface area contributed by atoms with Crippen molar-refractivity contribution in [2.75, 3.05) is 5.73 Å². The topological polar surface area (TPSA) is 38.9 Å². The van der Waals surface area contributed by atoms with Crippen LogP contribution in [-0.4, -0.2) is 4.98 Å². The third-order valence-corrected chi connectivity index (χ3v) is 3.34. The van der Waals surface area contributed by atoms with Gasteiger partial charge in [-0.3, -0.25) is 0 Å². The van der Waals surface area contributed by atoms with E-state index in [-0.39, 0.29) is 0 Å². The van der Waals surface area contributed by atoms with Crippen LogP contribution >= 0.6 is 0 Å². The van der Waals surface area contributed by atoms with Crippen molar-refractivity contribution in [3.8, 4) is 0 Å². The first-order valence-corrected chi connectivity index (χ1v) is 6.05. The Balaban J connectivity index is 1.95. The van der Waals surface area contributed by atoms with E-state index in [1.165, 1.54) is 50.5 Å². The summed E-state index contributed by atoms with van der Waals surface area (Å²) in [5, 5.41) is 0. The average Bonchev–Trinajstić information content (AvgIpc) is 2.46. The Hall–Kier alpha value is -1.05. The van der Waals surface area contributed by atoms with Crippen LogP contribution in [0.4, 0.5) is 5.82 Å². The van der Waals surface area contributed by atoms with Crippen LogP contribution in [0.1, 0.15) is 44.1 Å². The van der Waals surface area contributed by atoms with E-state index in [1.54, 1.807) is 0 Å². The summed E-state index contributed by atoms with van der Waals surface area (Å²) in [6, 6.07) is 4.12. The second kappa shape index (κ2) is 5.15. The Labute approximate surface area is 91.9 Å². The molecule has 0 amide bonds. The van der Waals surface area contributed by atoms with Crippen molar-refractivity contribution in [2.24, 2.45) is 5.92 Å². The second-order valence-electron chi connectivity index (χ2n) is 4.65. The van der Waals surface area contributed by atoms with Crippen LogP contribution in [-0.2, 0) is 6.42 Å². The number of pyridine rings is 1. The molecular weight excluding hydrogens is 184 g/mol. The number of aromatic nitrogens is 1. The summed E-state index contributed by atoms with van der Waals surface area (Å²) in [5.41, 5.74) is 7.04. The fourth-order valence-electron chi connectivity index (χ4n) is 2.52. The van der Waals surface area contributed by atoms with Crippen molar-refractivity contribution in [1.82, 2.24) is 4.98 Å². The second-order valence-corrected chi connectivity index (χ2v) is 4.65. The Bertz CT molecular complexity index is 301. The van der Waals surface area contributed by atoms with Gasteiger partial charge < -0.3 is 5.73 Å². The molecule has 1 aromatic rings. The molecule has 2 N–H and O–H groups in total. The molecule has 82 valence electrons. The lowest BCUT2D eigenvalue weighted by atomic mass is 9.93. The zero-order valence-corrected chi connectivity index (χ0v) is 9.28. The molecule has 1 heterocycles. The summed E-state index contributed by atoms with van der Waals surface area (Å²) in [5.74, 6) is 1.52. The van der Waals surface area contributed by atoms with Gasteiger partial charge in [0.25, 0.3) is 0 Å². The Kier molecular flexibility index (Phi) is 3.59. The number of nitrogen functional groups attached to an aromatic ring is 1. The van der Waals surface area contributed by atoms with E-state index in [4.69, 9.17) is 5.73 Å². The lowest BCUT2D eigenvalue weighted by Gasteiger charge is -2.13. The van der Waals surface area contributed by atoms with E-state index in [9.17, 15) is 0 Å². The van der Waals surface area contributed by atoms with Gasteiger partial charge in [-0.1, -0.05) is 38.5 Å². The Morgan fingerprint density at radius 1 is 1.20 bits per heavy atom. The normalized spacial score (nSPS) is 18.7. The summed E-state index contributed by atoms with van der Waals surface area (Å²) in [6.45, 7) is 0. The minimum absolute atomic E-state index is 0.654. The average molecular weight is 204 g/mol. The molecule has 1 fully saturated rings. The molecule has 0 aromatic carbocycles. The lowest BCUT2D eigenvalue weighted by Crippen LogP contribution is -2.04. The lowest BCUT2D eigenvalue weighted by molar-refractivity contribution is 0.458. The molecule has 15 heavy (non-hydrogen) atoms. The number of hydrogen-bond donors (Lipinski definition) is 1. The van der Waals surface area contributed by atoms with Crippen LogP contribution in [0, 0.1) is 5.92 Å². The highest BCUT2D eigenvalue weighted by atomic mass is 14.8. The predicted octanol–water partition coefficient (Wildman–Crippen LogP) is 3.18. The van der Waals surface area contributed by atoms with Crippen LogP contribution in [0.25, 0.3) is 0 Å². The van der Waals surface area contributed by atoms with Gasteiger partial charge in [-0.2, -0.15) is 0 Å². The number of rotatable bonds is 2. The molecule has 2 heteroatoms. The largest absolute Gasteiger partial charge is 0.384 e. The van der Waals surface area contributed by atoms with Crippen LogP contribution in [0.5, 0.6) is 0 Å². The Morgan fingerprint density at radius 2 is 1.93 bits per heavy atom. The molecule has 0 atom stereocenters. The van der Waals surface area contributed by atoms with Gasteiger partial charge in [-0.05, 0) is 30.0 Å². The van der Waals surface area contributed by atoms with Crippen LogP contribution in [0.2, 0.25) is 0 Å². The minimum Gasteiger partial charge on any atom is -0.384 e. The third kappa shape index (κ3) is 3.22. The predicted molar refractivity (Wildman–Crippen MR) is 63.5 cm³/mol. The smallest absolute Gasteiger partial charge is 0.123 e. The molecule has 1 aliphatic carbocycles. The molecule has 0 bridgehead atoms. The van der Waals surface area contributed by atoms with E-state index < -0.39 is 0 Å². The Morgan fingerprint density at radius 3 is 2.60 bits per heavy atom. The summed E-state index contributed by atoms with van der Waals surface area (Å²) >= 11 is 0. The van der Waals surface area contributed by atoms with Gasteiger partial charge in [0.1, 0.15) is 5.82 Å². The first-order chi connectivity index (χ1) is 7.34. The molecule has 0 aliphatic heterocycles. The highest BCUT2D eigenvalue weighted by molar-refractivity contribution is 5.31. The molecule has 0 unspecified atom stereocenters. The van der Waals surface area contributed by atoms with Crippen molar-refractivity contribution in [2.45, 2.75) is 44.9 Å².